The number of hydrogen-bond acceptors (Lipinski definition) is 3. The second-order valence-electron chi connectivity index (χ2n) is 5.14. The van der Waals surface area contributed by atoms with Crippen LogP contribution in [0.5, 0.6) is 0 Å². The van der Waals surface area contributed by atoms with Gasteiger partial charge in [-0.2, -0.15) is 0 Å². The third-order valence-electron chi connectivity index (χ3n) is 3.42. The van der Waals surface area contributed by atoms with Crippen molar-refractivity contribution in [1.82, 2.24) is 16.0 Å². The number of rotatable bonds is 3. The number of carbonyl (C=O) groups is 1. The van der Waals surface area contributed by atoms with Gasteiger partial charge in [-0.1, -0.05) is 13.3 Å². The van der Waals surface area contributed by atoms with Crippen molar-refractivity contribution in [2.45, 2.75) is 45.4 Å². The molecule has 1 atom stereocenters. The lowest BCUT2D eigenvalue weighted by Crippen LogP contribution is -2.40. The van der Waals surface area contributed by atoms with Crippen LogP contribution in [-0.2, 0) is 4.79 Å². The molecule has 0 aromatic carbocycles. The average Bonchev–Trinajstić information content (AvgIpc) is 2.48. The van der Waals surface area contributed by atoms with Crippen molar-refractivity contribution in [1.29, 1.82) is 0 Å². The lowest BCUT2D eigenvalue weighted by Gasteiger charge is -2.21. The van der Waals surface area contributed by atoms with E-state index in [2.05, 4.69) is 22.9 Å². The van der Waals surface area contributed by atoms with Crippen LogP contribution in [0.2, 0.25) is 0 Å². The van der Waals surface area contributed by atoms with Crippen molar-refractivity contribution in [3.63, 3.8) is 0 Å². The summed E-state index contributed by atoms with van der Waals surface area (Å²) in [5.74, 6) is 0.439. The number of hydrogen-bond donors (Lipinski definition) is 3. The second kappa shape index (κ2) is 10.3. The third-order valence-corrected chi connectivity index (χ3v) is 3.42. The van der Waals surface area contributed by atoms with Crippen LogP contribution in [0.1, 0.15) is 45.4 Å². The Morgan fingerprint density at radius 2 is 1.83 bits per heavy atom. The summed E-state index contributed by atoms with van der Waals surface area (Å²) in [5.41, 5.74) is 0. The van der Waals surface area contributed by atoms with Gasteiger partial charge < -0.3 is 16.0 Å². The normalized spacial score (nSPS) is 23.7. The molecule has 106 valence electrons. The molecule has 4 heteroatoms. The predicted molar refractivity (Wildman–Crippen MR) is 75.6 cm³/mol. The Kier molecular flexibility index (Phi) is 8.86. The lowest BCUT2D eigenvalue weighted by atomic mass is 9.99. The number of carbonyl (C=O) groups excluding carboxylic acids is 1. The highest BCUT2D eigenvalue weighted by molar-refractivity contribution is 5.78. The van der Waals surface area contributed by atoms with Gasteiger partial charge in [-0.25, -0.2) is 0 Å². The van der Waals surface area contributed by atoms with Crippen molar-refractivity contribution in [3.8, 4) is 0 Å². The topological polar surface area (TPSA) is 53.2 Å². The zero-order valence-corrected chi connectivity index (χ0v) is 11.8. The van der Waals surface area contributed by atoms with Crippen LogP contribution >= 0.6 is 0 Å². The monoisotopic (exact) mass is 255 g/mol. The minimum atomic E-state index is 0.213. The van der Waals surface area contributed by atoms with Gasteiger partial charge in [-0.15, -0.1) is 0 Å². The first kappa shape index (κ1) is 15.4. The molecule has 0 aliphatic carbocycles. The fourth-order valence-electron chi connectivity index (χ4n) is 2.27. The van der Waals surface area contributed by atoms with E-state index < -0.39 is 0 Å². The molecule has 0 bridgehead atoms. The zero-order valence-electron chi connectivity index (χ0n) is 11.8. The first-order valence-corrected chi connectivity index (χ1v) is 7.53. The van der Waals surface area contributed by atoms with Crippen LogP contribution in [0.4, 0.5) is 0 Å². The molecule has 0 radical (unpaired) electrons. The van der Waals surface area contributed by atoms with E-state index in [1.165, 1.54) is 32.4 Å². The predicted octanol–water partition coefficient (Wildman–Crippen LogP) is 1.27. The van der Waals surface area contributed by atoms with Crippen molar-refractivity contribution in [3.05, 3.63) is 0 Å². The highest BCUT2D eigenvalue weighted by Crippen LogP contribution is 2.09. The van der Waals surface area contributed by atoms with Crippen molar-refractivity contribution in [2.24, 2.45) is 5.92 Å². The molecule has 18 heavy (non-hydrogen) atoms. The molecule has 4 nitrogen and oxygen atoms in total. The molecule has 0 saturated carbocycles. The van der Waals surface area contributed by atoms with E-state index in [1.807, 2.05) is 0 Å². The highest BCUT2D eigenvalue weighted by Gasteiger charge is 2.19. The third kappa shape index (κ3) is 6.97. The Hall–Kier alpha value is -0.610. The smallest absolute Gasteiger partial charge is 0.224 e. The minimum absolute atomic E-state index is 0.213. The van der Waals surface area contributed by atoms with Gasteiger partial charge in [0.1, 0.15) is 0 Å². The molecule has 0 aromatic rings. The summed E-state index contributed by atoms with van der Waals surface area (Å²) >= 11 is 0. The number of amides is 1. The number of piperidine rings is 2. The van der Waals surface area contributed by atoms with Crippen molar-refractivity contribution in [2.75, 3.05) is 32.7 Å². The Bertz CT molecular complexity index is 200. The summed E-state index contributed by atoms with van der Waals surface area (Å²) in [6, 6.07) is 0. The maximum absolute atomic E-state index is 11.4. The molecule has 1 unspecified atom stereocenters. The molecule has 2 fully saturated rings. The zero-order chi connectivity index (χ0) is 13.1. The molecule has 2 aliphatic heterocycles. The second-order valence-corrected chi connectivity index (χ2v) is 5.14. The van der Waals surface area contributed by atoms with E-state index in [4.69, 9.17) is 0 Å². The van der Waals surface area contributed by atoms with E-state index in [-0.39, 0.29) is 11.8 Å². The van der Waals surface area contributed by atoms with Crippen LogP contribution in [-0.4, -0.2) is 38.6 Å². The van der Waals surface area contributed by atoms with E-state index in [1.54, 1.807) is 0 Å². The molecule has 2 heterocycles. The van der Waals surface area contributed by atoms with Crippen LogP contribution in [0.3, 0.4) is 0 Å². The summed E-state index contributed by atoms with van der Waals surface area (Å²) in [4.78, 5) is 11.4. The van der Waals surface area contributed by atoms with Crippen molar-refractivity contribution >= 4 is 5.91 Å². The first-order valence-electron chi connectivity index (χ1n) is 7.53. The summed E-state index contributed by atoms with van der Waals surface area (Å²) < 4.78 is 0. The SMILES string of the molecule is C1CCNCC1.CCCNC(=O)C1CCCNC1. The Labute approximate surface area is 111 Å². The molecular formula is C14H29N3O. The quantitative estimate of drug-likeness (QED) is 0.712. The van der Waals surface area contributed by atoms with Crippen LogP contribution < -0.4 is 16.0 Å². The van der Waals surface area contributed by atoms with Gasteiger partial charge >= 0.3 is 0 Å². The fourth-order valence-corrected chi connectivity index (χ4v) is 2.27. The molecule has 2 aliphatic rings. The van der Waals surface area contributed by atoms with E-state index in [0.29, 0.717) is 0 Å². The van der Waals surface area contributed by atoms with Gasteiger partial charge in [0.2, 0.25) is 5.91 Å². The Morgan fingerprint density at radius 3 is 2.28 bits per heavy atom. The molecule has 2 rings (SSSR count). The molecule has 3 N–H and O–H groups in total. The van der Waals surface area contributed by atoms with E-state index in [9.17, 15) is 4.79 Å². The van der Waals surface area contributed by atoms with Gasteiger partial charge in [-0.05, 0) is 51.7 Å². The Balaban J connectivity index is 0.000000225. The van der Waals surface area contributed by atoms with Gasteiger partial charge in [0.15, 0.2) is 0 Å². The van der Waals surface area contributed by atoms with E-state index >= 15 is 0 Å². The first-order chi connectivity index (χ1) is 8.84. The van der Waals surface area contributed by atoms with E-state index in [0.717, 1.165) is 38.9 Å². The van der Waals surface area contributed by atoms with Crippen molar-refractivity contribution < 1.29 is 4.79 Å². The molecule has 1 amide bonds. The maximum Gasteiger partial charge on any atom is 0.224 e. The lowest BCUT2D eigenvalue weighted by molar-refractivity contribution is -0.125. The molecular weight excluding hydrogens is 226 g/mol. The van der Waals surface area contributed by atoms with Crippen LogP contribution in [0.15, 0.2) is 0 Å². The van der Waals surface area contributed by atoms with Crippen LogP contribution in [0.25, 0.3) is 0 Å². The average molecular weight is 255 g/mol. The van der Waals surface area contributed by atoms with Gasteiger partial charge in [0.25, 0.3) is 0 Å². The van der Waals surface area contributed by atoms with Crippen LogP contribution in [0, 0.1) is 5.92 Å². The highest BCUT2D eigenvalue weighted by atomic mass is 16.1. The summed E-state index contributed by atoms with van der Waals surface area (Å²) in [6.07, 6.45) is 7.41. The molecule has 0 aromatic heterocycles. The van der Waals surface area contributed by atoms with Gasteiger partial charge in [-0.3, -0.25) is 4.79 Å². The minimum Gasteiger partial charge on any atom is -0.356 e. The molecule has 2 saturated heterocycles. The summed E-state index contributed by atoms with van der Waals surface area (Å²) in [6.45, 7) is 7.31. The maximum atomic E-state index is 11.4. The molecule has 0 spiro atoms. The fraction of sp³-hybridized carbons (Fsp3) is 0.929. The summed E-state index contributed by atoms with van der Waals surface area (Å²) in [7, 11) is 0. The standard InChI is InChI=1S/C9H18N2O.C5H11N/c1-2-5-11-9(12)8-4-3-6-10-7-8;1-2-4-6-5-3-1/h8,10H,2-7H2,1H3,(H,11,12);6H,1-5H2. The largest absolute Gasteiger partial charge is 0.356 e. The van der Waals surface area contributed by atoms with Gasteiger partial charge in [0.05, 0.1) is 5.92 Å². The number of nitrogens with one attached hydrogen (secondary N) is 3. The van der Waals surface area contributed by atoms with Gasteiger partial charge in [0, 0.05) is 13.1 Å². The Morgan fingerprint density at radius 1 is 1.11 bits per heavy atom. The summed E-state index contributed by atoms with van der Waals surface area (Å²) in [5, 5.41) is 9.44.